The number of esters is 1. The van der Waals surface area contributed by atoms with Crippen LogP contribution in [0.4, 0.5) is 4.39 Å². The first-order valence-electron chi connectivity index (χ1n) is 9.01. The standard InChI is InChI=1S/C19H27ClFNO4/c1-12(2)11-24-18-13(3)25-19(23)16(22-20)5-4-6-17(18)26-15-9-7-14(21)8-10-15/h7-10,12-13,16-18,22H,4-6,11H2,1-3H3/t13-,16-,17-,18-/m0/s1. The molecule has 1 saturated heterocycles. The number of nitrogens with one attached hydrogen (secondary N) is 1. The zero-order valence-corrected chi connectivity index (χ0v) is 16.2. The lowest BCUT2D eigenvalue weighted by molar-refractivity contribution is -0.163. The van der Waals surface area contributed by atoms with E-state index in [0.717, 1.165) is 0 Å². The van der Waals surface area contributed by atoms with Gasteiger partial charge in [0.25, 0.3) is 0 Å². The van der Waals surface area contributed by atoms with E-state index in [1.807, 2.05) is 0 Å². The highest BCUT2D eigenvalue weighted by molar-refractivity contribution is 6.14. The second kappa shape index (κ2) is 10.1. The lowest BCUT2D eigenvalue weighted by Crippen LogP contribution is -2.45. The molecule has 1 fully saturated rings. The Kier molecular flexibility index (Phi) is 8.13. The van der Waals surface area contributed by atoms with Gasteiger partial charge in [-0.15, -0.1) is 0 Å². The molecule has 4 atom stereocenters. The molecule has 0 bridgehead atoms. The van der Waals surface area contributed by atoms with Gasteiger partial charge in [0, 0.05) is 6.61 Å². The Morgan fingerprint density at radius 3 is 2.62 bits per heavy atom. The normalized spacial score (nSPS) is 27.4. The van der Waals surface area contributed by atoms with Crippen molar-refractivity contribution in [1.29, 1.82) is 0 Å². The Balaban J connectivity index is 2.19. The monoisotopic (exact) mass is 387 g/mol. The second-order valence-electron chi connectivity index (χ2n) is 7.04. The average Bonchev–Trinajstić information content (AvgIpc) is 2.64. The van der Waals surface area contributed by atoms with Crippen LogP contribution in [0.5, 0.6) is 5.75 Å². The molecule has 0 aliphatic carbocycles. The van der Waals surface area contributed by atoms with E-state index >= 15 is 0 Å². The van der Waals surface area contributed by atoms with E-state index in [1.165, 1.54) is 12.1 Å². The van der Waals surface area contributed by atoms with Crippen LogP contribution in [0.15, 0.2) is 24.3 Å². The van der Waals surface area contributed by atoms with Crippen LogP contribution >= 0.6 is 11.8 Å². The van der Waals surface area contributed by atoms with Crippen molar-refractivity contribution < 1.29 is 23.4 Å². The number of ether oxygens (including phenoxy) is 3. The van der Waals surface area contributed by atoms with E-state index in [9.17, 15) is 9.18 Å². The van der Waals surface area contributed by atoms with E-state index in [-0.39, 0.29) is 11.9 Å². The number of cyclic esters (lactones) is 1. The van der Waals surface area contributed by atoms with E-state index in [2.05, 4.69) is 18.7 Å². The number of carbonyl (C=O) groups is 1. The molecule has 146 valence electrons. The van der Waals surface area contributed by atoms with Gasteiger partial charge in [0.2, 0.25) is 0 Å². The highest BCUT2D eigenvalue weighted by atomic mass is 35.5. The highest BCUT2D eigenvalue weighted by Crippen LogP contribution is 2.25. The lowest BCUT2D eigenvalue weighted by Gasteiger charge is -2.32. The van der Waals surface area contributed by atoms with Gasteiger partial charge in [-0.05, 0) is 68.1 Å². The molecule has 1 aliphatic rings. The number of hydrogen-bond acceptors (Lipinski definition) is 5. The molecule has 2 rings (SSSR count). The zero-order valence-electron chi connectivity index (χ0n) is 15.4. The summed E-state index contributed by atoms with van der Waals surface area (Å²) in [4.78, 5) is 14.7. The first-order chi connectivity index (χ1) is 12.4. The third-order valence-electron chi connectivity index (χ3n) is 4.25. The maximum atomic E-state index is 13.2. The predicted molar refractivity (Wildman–Crippen MR) is 97.6 cm³/mol. The summed E-state index contributed by atoms with van der Waals surface area (Å²) in [5.41, 5.74) is 0. The molecular formula is C19H27ClFNO4. The molecule has 0 saturated carbocycles. The smallest absolute Gasteiger partial charge is 0.324 e. The summed E-state index contributed by atoms with van der Waals surface area (Å²) in [5.74, 6) is 0.166. The Morgan fingerprint density at radius 2 is 2.00 bits per heavy atom. The fourth-order valence-corrected chi connectivity index (χ4v) is 3.10. The Bertz CT molecular complexity index is 569. The molecule has 1 N–H and O–H groups in total. The fraction of sp³-hybridized carbons (Fsp3) is 0.632. The second-order valence-corrected chi connectivity index (χ2v) is 7.25. The first kappa shape index (κ1) is 20.9. The summed E-state index contributed by atoms with van der Waals surface area (Å²) in [5, 5.41) is 0. The number of carbonyl (C=O) groups excluding carboxylic acids is 1. The van der Waals surface area contributed by atoms with Crippen LogP contribution in [0.3, 0.4) is 0 Å². The molecule has 1 aliphatic heterocycles. The van der Waals surface area contributed by atoms with Gasteiger partial charge in [0.1, 0.15) is 35.9 Å². The van der Waals surface area contributed by atoms with Gasteiger partial charge >= 0.3 is 5.97 Å². The van der Waals surface area contributed by atoms with Crippen molar-refractivity contribution in [2.75, 3.05) is 6.61 Å². The summed E-state index contributed by atoms with van der Waals surface area (Å²) < 4.78 is 30.8. The van der Waals surface area contributed by atoms with Gasteiger partial charge in [-0.1, -0.05) is 13.8 Å². The van der Waals surface area contributed by atoms with Crippen molar-refractivity contribution in [3.63, 3.8) is 0 Å². The summed E-state index contributed by atoms with van der Waals surface area (Å²) >= 11 is 5.67. The van der Waals surface area contributed by atoms with Crippen LogP contribution in [-0.4, -0.2) is 36.9 Å². The number of benzene rings is 1. The first-order valence-corrected chi connectivity index (χ1v) is 9.39. The molecule has 1 aromatic carbocycles. The van der Waals surface area contributed by atoms with Crippen molar-refractivity contribution in [3.05, 3.63) is 30.1 Å². The van der Waals surface area contributed by atoms with E-state index in [4.69, 9.17) is 26.0 Å². The summed E-state index contributed by atoms with van der Waals surface area (Å²) in [6.45, 7) is 6.41. The molecule has 0 aromatic heterocycles. The molecule has 0 radical (unpaired) electrons. The Hall–Kier alpha value is -1.37. The van der Waals surface area contributed by atoms with Gasteiger partial charge in [0.15, 0.2) is 0 Å². The fourth-order valence-electron chi connectivity index (χ4n) is 2.90. The highest BCUT2D eigenvalue weighted by Gasteiger charge is 2.35. The molecule has 7 heteroatoms. The molecule has 0 spiro atoms. The summed E-state index contributed by atoms with van der Waals surface area (Å²) in [6.07, 6.45) is 0.652. The molecule has 1 aromatic rings. The van der Waals surface area contributed by atoms with Crippen molar-refractivity contribution in [3.8, 4) is 5.75 Å². The third kappa shape index (κ3) is 6.11. The van der Waals surface area contributed by atoms with Crippen molar-refractivity contribution in [2.24, 2.45) is 5.92 Å². The van der Waals surface area contributed by atoms with Crippen LogP contribution in [0.25, 0.3) is 0 Å². The topological polar surface area (TPSA) is 56.8 Å². The molecule has 0 unspecified atom stereocenters. The maximum absolute atomic E-state index is 13.2. The Labute approximate surface area is 159 Å². The van der Waals surface area contributed by atoms with Crippen molar-refractivity contribution in [1.82, 2.24) is 4.84 Å². The van der Waals surface area contributed by atoms with Gasteiger partial charge in [-0.3, -0.25) is 4.79 Å². The van der Waals surface area contributed by atoms with E-state index in [0.29, 0.717) is 37.5 Å². The quantitative estimate of drug-likeness (QED) is 0.593. The van der Waals surface area contributed by atoms with Gasteiger partial charge < -0.3 is 14.2 Å². The van der Waals surface area contributed by atoms with E-state index < -0.39 is 24.2 Å². The summed E-state index contributed by atoms with van der Waals surface area (Å²) in [6, 6.07) is 5.31. The molecular weight excluding hydrogens is 361 g/mol. The molecule has 5 nitrogen and oxygen atoms in total. The van der Waals surface area contributed by atoms with Gasteiger partial charge in [-0.25, -0.2) is 9.23 Å². The minimum atomic E-state index is -0.561. The van der Waals surface area contributed by atoms with Crippen LogP contribution in [0.2, 0.25) is 0 Å². The van der Waals surface area contributed by atoms with Gasteiger partial charge in [0.05, 0.1) is 0 Å². The molecule has 0 amide bonds. The average molecular weight is 388 g/mol. The predicted octanol–water partition coefficient (Wildman–Crippen LogP) is 3.84. The third-order valence-corrected chi connectivity index (χ3v) is 4.52. The van der Waals surface area contributed by atoms with Crippen molar-refractivity contribution >= 4 is 17.7 Å². The molecule has 26 heavy (non-hydrogen) atoms. The minimum absolute atomic E-state index is 0.322. The summed E-state index contributed by atoms with van der Waals surface area (Å²) in [7, 11) is 0. The van der Waals surface area contributed by atoms with Gasteiger partial charge in [-0.2, -0.15) is 0 Å². The zero-order chi connectivity index (χ0) is 19.1. The van der Waals surface area contributed by atoms with Crippen LogP contribution in [0.1, 0.15) is 40.0 Å². The number of hydrogen-bond donors (Lipinski definition) is 1. The van der Waals surface area contributed by atoms with Crippen LogP contribution < -0.4 is 9.57 Å². The van der Waals surface area contributed by atoms with E-state index in [1.54, 1.807) is 19.1 Å². The Morgan fingerprint density at radius 1 is 1.31 bits per heavy atom. The van der Waals surface area contributed by atoms with Crippen molar-refractivity contribution in [2.45, 2.75) is 64.4 Å². The van der Waals surface area contributed by atoms with Crippen LogP contribution in [0, 0.1) is 11.7 Å². The SMILES string of the molecule is CC(C)CO[C@H]1[C@H](C)OC(=O)[C@@H](NCl)CCC[C@@H]1Oc1ccc(F)cc1. The largest absolute Gasteiger partial charge is 0.488 e. The number of halogens is 2. The minimum Gasteiger partial charge on any atom is -0.488 e. The number of rotatable bonds is 6. The molecule has 1 heterocycles. The van der Waals surface area contributed by atoms with Crippen LogP contribution in [-0.2, 0) is 14.3 Å². The maximum Gasteiger partial charge on any atom is 0.324 e. The lowest BCUT2D eigenvalue weighted by atomic mass is 10.0.